The smallest absolute Gasteiger partial charge is 0.251 e. The Kier molecular flexibility index (Phi) is 6.15. The van der Waals surface area contributed by atoms with Gasteiger partial charge in [0.25, 0.3) is 5.91 Å². The highest BCUT2D eigenvalue weighted by Gasteiger charge is 2.29. The molecule has 0 atom stereocenters. The molecule has 2 heterocycles. The first-order valence-corrected chi connectivity index (χ1v) is 11.6. The monoisotopic (exact) mass is 442 g/mol. The molecule has 0 saturated carbocycles. The predicted octanol–water partition coefficient (Wildman–Crippen LogP) is 3.12. The van der Waals surface area contributed by atoms with Crippen LogP contribution in [0.4, 0.5) is 4.39 Å². The van der Waals surface area contributed by atoms with Crippen molar-refractivity contribution in [3.63, 3.8) is 0 Å². The van der Waals surface area contributed by atoms with Crippen LogP contribution in [0.2, 0.25) is 0 Å². The number of halogens is 1. The summed E-state index contributed by atoms with van der Waals surface area (Å²) in [6.45, 7) is 0.936. The molecule has 0 bridgehead atoms. The standard InChI is InChI=1S/C22H23FN4O3S/c23-19-10-9-17(15-21(19)31(29,30)26-12-4-1-5-13-26)22(28)24-16-18-7-2-3-8-20(18)27-14-6-11-25-27/h2-3,6-11,14-15H,1,4-5,12-13,16H2,(H,24,28). The molecule has 2 aromatic carbocycles. The highest BCUT2D eigenvalue weighted by molar-refractivity contribution is 7.89. The molecule has 0 radical (unpaired) electrons. The van der Waals surface area contributed by atoms with Gasteiger partial charge in [-0.15, -0.1) is 0 Å². The van der Waals surface area contributed by atoms with Gasteiger partial charge in [-0.05, 0) is 48.7 Å². The number of benzene rings is 2. The van der Waals surface area contributed by atoms with Gasteiger partial charge in [0.05, 0.1) is 5.69 Å². The van der Waals surface area contributed by atoms with E-state index in [1.165, 1.54) is 10.4 Å². The topological polar surface area (TPSA) is 84.3 Å². The average Bonchev–Trinajstić information content (AvgIpc) is 3.33. The molecule has 1 aromatic heterocycles. The van der Waals surface area contributed by atoms with Crippen LogP contribution in [0.25, 0.3) is 5.69 Å². The highest BCUT2D eigenvalue weighted by Crippen LogP contribution is 2.24. The Labute approximate surface area is 180 Å². The van der Waals surface area contributed by atoms with Crippen LogP contribution in [0.15, 0.2) is 65.8 Å². The van der Waals surface area contributed by atoms with E-state index in [1.54, 1.807) is 23.1 Å². The number of hydrogen-bond acceptors (Lipinski definition) is 4. The number of carbonyl (C=O) groups excluding carboxylic acids is 1. The molecule has 7 nitrogen and oxygen atoms in total. The fourth-order valence-electron chi connectivity index (χ4n) is 3.66. The zero-order valence-corrected chi connectivity index (χ0v) is 17.7. The summed E-state index contributed by atoms with van der Waals surface area (Å²) in [5, 5.41) is 7.00. The molecular formula is C22H23FN4O3S. The van der Waals surface area contributed by atoms with E-state index in [0.717, 1.165) is 42.6 Å². The Morgan fingerprint density at radius 2 is 1.84 bits per heavy atom. The largest absolute Gasteiger partial charge is 0.348 e. The summed E-state index contributed by atoms with van der Waals surface area (Å²) in [7, 11) is -3.99. The van der Waals surface area contributed by atoms with Crippen LogP contribution in [0, 0.1) is 5.82 Å². The van der Waals surface area contributed by atoms with E-state index in [4.69, 9.17) is 0 Å². The van der Waals surface area contributed by atoms with Gasteiger partial charge in [0.2, 0.25) is 10.0 Å². The number of carbonyl (C=O) groups is 1. The Hall–Kier alpha value is -3.04. The summed E-state index contributed by atoms with van der Waals surface area (Å²) in [6, 6.07) is 12.7. The third kappa shape index (κ3) is 4.52. The van der Waals surface area contributed by atoms with Crippen molar-refractivity contribution < 1.29 is 17.6 Å². The first kappa shape index (κ1) is 21.2. The number of rotatable bonds is 6. The average molecular weight is 443 g/mol. The van der Waals surface area contributed by atoms with Crippen LogP contribution >= 0.6 is 0 Å². The molecular weight excluding hydrogens is 419 g/mol. The van der Waals surface area contributed by atoms with Gasteiger partial charge < -0.3 is 5.32 Å². The molecule has 31 heavy (non-hydrogen) atoms. The first-order valence-electron chi connectivity index (χ1n) is 10.1. The summed E-state index contributed by atoms with van der Waals surface area (Å²) in [5.74, 6) is -1.34. The van der Waals surface area contributed by atoms with Crippen molar-refractivity contribution in [3.05, 3.63) is 77.9 Å². The highest BCUT2D eigenvalue weighted by atomic mass is 32.2. The van der Waals surface area contributed by atoms with Crippen LogP contribution in [-0.2, 0) is 16.6 Å². The lowest BCUT2D eigenvalue weighted by Gasteiger charge is -2.26. The van der Waals surface area contributed by atoms with Crippen LogP contribution in [-0.4, -0.2) is 41.5 Å². The molecule has 4 rings (SSSR count). The van der Waals surface area contributed by atoms with E-state index < -0.39 is 26.6 Å². The maximum Gasteiger partial charge on any atom is 0.251 e. The number of nitrogens with one attached hydrogen (secondary N) is 1. The van der Waals surface area contributed by atoms with E-state index in [1.807, 2.05) is 24.3 Å². The number of piperidine rings is 1. The van der Waals surface area contributed by atoms with Crippen LogP contribution < -0.4 is 5.32 Å². The lowest BCUT2D eigenvalue weighted by atomic mass is 10.1. The van der Waals surface area contributed by atoms with E-state index in [0.29, 0.717) is 13.1 Å². The van der Waals surface area contributed by atoms with Crippen molar-refractivity contribution in [2.24, 2.45) is 0 Å². The zero-order chi connectivity index (χ0) is 21.8. The lowest BCUT2D eigenvalue weighted by molar-refractivity contribution is 0.0950. The van der Waals surface area contributed by atoms with Crippen molar-refractivity contribution in [3.8, 4) is 5.69 Å². The molecule has 0 spiro atoms. The summed E-state index contributed by atoms with van der Waals surface area (Å²) >= 11 is 0. The van der Waals surface area contributed by atoms with Crippen molar-refractivity contribution in [1.29, 1.82) is 0 Å². The fourth-order valence-corrected chi connectivity index (χ4v) is 5.27. The van der Waals surface area contributed by atoms with Crippen LogP contribution in [0.3, 0.4) is 0 Å². The number of hydrogen-bond donors (Lipinski definition) is 1. The molecule has 1 saturated heterocycles. The SMILES string of the molecule is O=C(NCc1ccccc1-n1cccn1)c1ccc(F)c(S(=O)(=O)N2CCCCC2)c1. The van der Waals surface area contributed by atoms with Gasteiger partial charge in [0.1, 0.15) is 10.7 Å². The van der Waals surface area contributed by atoms with Crippen molar-refractivity contribution in [2.45, 2.75) is 30.7 Å². The quantitative estimate of drug-likeness (QED) is 0.636. The second-order valence-corrected chi connectivity index (χ2v) is 9.28. The van der Waals surface area contributed by atoms with E-state index in [2.05, 4.69) is 10.4 Å². The number of aromatic nitrogens is 2. The summed E-state index contributed by atoms with van der Waals surface area (Å²) < 4.78 is 43.1. The van der Waals surface area contributed by atoms with Gasteiger partial charge in [-0.1, -0.05) is 24.6 Å². The molecule has 162 valence electrons. The first-order chi connectivity index (χ1) is 15.0. The molecule has 0 aliphatic carbocycles. The second-order valence-electron chi connectivity index (χ2n) is 7.37. The molecule has 1 aliphatic heterocycles. The molecule has 1 fully saturated rings. The van der Waals surface area contributed by atoms with Crippen molar-refractivity contribution in [2.75, 3.05) is 13.1 Å². The maximum absolute atomic E-state index is 14.4. The Bertz CT molecular complexity index is 1170. The van der Waals surface area contributed by atoms with Gasteiger partial charge in [-0.25, -0.2) is 17.5 Å². The number of sulfonamides is 1. The van der Waals surface area contributed by atoms with Gasteiger partial charge in [-0.2, -0.15) is 9.40 Å². The van der Waals surface area contributed by atoms with Crippen LogP contribution in [0.5, 0.6) is 0 Å². The molecule has 9 heteroatoms. The number of nitrogens with zero attached hydrogens (tertiary/aromatic N) is 3. The second kappa shape index (κ2) is 8.99. The van der Waals surface area contributed by atoms with E-state index in [-0.39, 0.29) is 12.1 Å². The molecule has 1 amide bonds. The predicted molar refractivity (Wildman–Crippen MR) is 114 cm³/mol. The Morgan fingerprint density at radius 3 is 2.58 bits per heavy atom. The third-order valence-electron chi connectivity index (χ3n) is 5.31. The minimum Gasteiger partial charge on any atom is -0.348 e. The maximum atomic E-state index is 14.4. The fraction of sp³-hybridized carbons (Fsp3) is 0.273. The normalized spacial score (nSPS) is 15.0. The van der Waals surface area contributed by atoms with Gasteiger partial charge in [0.15, 0.2) is 0 Å². The van der Waals surface area contributed by atoms with Gasteiger partial charge in [0, 0.05) is 37.6 Å². The Morgan fingerprint density at radius 1 is 1.06 bits per heavy atom. The summed E-state index contributed by atoms with van der Waals surface area (Å²) in [6.07, 6.45) is 5.92. The molecule has 1 N–H and O–H groups in total. The molecule has 0 unspecified atom stereocenters. The summed E-state index contributed by atoms with van der Waals surface area (Å²) in [5.41, 5.74) is 1.75. The lowest BCUT2D eigenvalue weighted by Crippen LogP contribution is -2.36. The van der Waals surface area contributed by atoms with Crippen LogP contribution in [0.1, 0.15) is 35.2 Å². The number of para-hydroxylation sites is 1. The third-order valence-corrected chi connectivity index (χ3v) is 7.22. The molecule has 1 aliphatic rings. The minimum atomic E-state index is -3.99. The van der Waals surface area contributed by atoms with Gasteiger partial charge in [-0.3, -0.25) is 4.79 Å². The zero-order valence-electron chi connectivity index (χ0n) is 16.9. The Balaban J connectivity index is 1.53. The van der Waals surface area contributed by atoms with Gasteiger partial charge >= 0.3 is 0 Å². The van der Waals surface area contributed by atoms with Crippen molar-refractivity contribution in [1.82, 2.24) is 19.4 Å². The number of amides is 1. The van der Waals surface area contributed by atoms with E-state index >= 15 is 0 Å². The van der Waals surface area contributed by atoms with E-state index in [9.17, 15) is 17.6 Å². The van der Waals surface area contributed by atoms with Crippen molar-refractivity contribution >= 4 is 15.9 Å². The minimum absolute atomic E-state index is 0.0913. The summed E-state index contributed by atoms with van der Waals surface area (Å²) in [4.78, 5) is 12.3. The molecule has 3 aromatic rings.